The Morgan fingerprint density at radius 2 is 2.33 bits per heavy atom. The molecule has 0 saturated heterocycles. The average molecular weight is 327 g/mol. The van der Waals surface area contributed by atoms with Crippen LogP contribution in [0.5, 0.6) is 0 Å². The summed E-state index contributed by atoms with van der Waals surface area (Å²) in [5, 5.41) is 9.99. The van der Waals surface area contributed by atoms with E-state index in [4.69, 9.17) is 0 Å². The normalized spacial score (nSPS) is 12.6. The Labute approximate surface area is 119 Å². The van der Waals surface area contributed by atoms with Crippen molar-refractivity contribution >= 4 is 27.7 Å². The summed E-state index contributed by atoms with van der Waals surface area (Å²) in [5.74, 6) is 1.58. The van der Waals surface area contributed by atoms with Crippen LogP contribution in [0.2, 0.25) is 0 Å². The molecule has 18 heavy (non-hydrogen) atoms. The Bertz CT molecular complexity index is 515. The molecule has 0 radical (unpaired) electrons. The van der Waals surface area contributed by atoms with E-state index in [1.807, 2.05) is 36.0 Å². The molecule has 1 atom stereocenters. The fraction of sp³-hybridized carbons (Fsp3) is 0.308. The van der Waals surface area contributed by atoms with E-state index in [9.17, 15) is 5.11 Å². The summed E-state index contributed by atoms with van der Waals surface area (Å²) in [6, 6.07) is 8.09. The van der Waals surface area contributed by atoms with Crippen molar-refractivity contribution in [3.8, 4) is 0 Å². The predicted molar refractivity (Wildman–Crippen MR) is 77.8 cm³/mol. The van der Waals surface area contributed by atoms with Crippen molar-refractivity contribution in [2.45, 2.75) is 17.4 Å². The van der Waals surface area contributed by atoms with Crippen LogP contribution < -0.4 is 0 Å². The van der Waals surface area contributed by atoms with Gasteiger partial charge >= 0.3 is 0 Å². The first-order chi connectivity index (χ1) is 8.65. The molecule has 0 aliphatic rings. The molecule has 96 valence electrons. The third-order valence-corrected chi connectivity index (χ3v) is 4.21. The van der Waals surface area contributed by atoms with Gasteiger partial charge in [-0.05, 0) is 18.2 Å². The summed E-state index contributed by atoms with van der Waals surface area (Å²) >= 11 is 5.09. The molecular weight excluding hydrogens is 312 g/mol. The second kappa shape index (κ2) is 6.41. The van der Waals surface area contributed by atoms with E-state index in [0.29, 0.717) is 12.2 Å². The summed E-state index contributed by atoms with van der Waals surface area (Å²) in [6.45, 7) is 0. The maximum atomic E-state index is 9.99. The van der Waals surface area contributed by atoms with Gasteiger partial charge in [-0.1, -0.05) is 22.0 Å². The van der Waals surface area contributed by atoms with Crippen LogP contribution in [0.3, 0.4) is 0 Å². The van der Waals surface area contributed by atoms with Crippen LogP contribution >= 0.6 is 27.7 Å². The summed E-state index contributed by atoms with van der Waals surface area (Å²) in [4.78, 5) is 5.37. The van der Waals surface area contributed by atoms with Crippen molar-refractivity contribution in [1.82, 2.24) is 9.55 Å². The number of rotatable bonds is 5. The minimum atomic E-state index is -0.380. The van der Waals surface area contributed by atoms with Crippen LogP contribution in [0.4, 0.5) is 0 Å². The zero-order chi connectivity index (χ0) is 13.0. The number of hydrogen-bond donors (Lipinski definition) is 1. The van der Waals surface area contributed by atoms with Gasteiger partial charge in [0.2, 0.25) is 0 Å². The lowest BCUT2D eigenvalue weighted by Crippen LogP contribution is -2.16. The molecular formula is C13H15BrN2OS. The molecule has 2 aromatic rings. The van der Waals surface area contributed by atoms with Crippen molar-refractivity contribution in [1.29, 1.82) is 0 Å². The molecule has 0 aliphatic heterocycles. The number of aromatic nitrogens is 2. The van der Waals surface area contributed by atoms with Crippen LogP contribution in [-0.2, 0) is 13.5 Å². The molecule has 1 aromatic carbocycles. The summed E-state index contributed by atoms with van der Waals surface area (Å²) in [6.07, 6.45) is 3.85. The monoisotopic (exact) mass is 326 g/mol. The fourth-order valence-corrected chi connectivity index (χ4v) is 3.05. The highest BCUT2D eigenvalue weighted by Gasteiger charge is 2.09. The topological polar surface area (TPSA) is 38.0 Å². The smallest absolute Gasteiger partial charge is 0.110 e. The van der Waals surface area contributed by atoms with Crippen molar-refractivity contribution in [3.05, 3.63) is 47.0 Å². The third kappa shape index (κ3) is 3.86. The molecule has 0 bridgehead atoms. The number of aryl methyl sites for hydroxylation is 1. The van der Waals surface area contributed by atoms with E-state index in [1.165, 1.54) is 0 Å². The van der Waals surface area contributed by atoms with Crippen molar-refractivity contribution < 1.29 is 5.11 Å². The summed E-state index contributed by atoms with van der Waals surface area (Å²) in [5.41, 5.74) is 0. The number of nitrogens with zero attached hydrogens (tertiary/aromatic N) is 2. The Hall–Kier alpha value is -0.780. The van der Waals surface area contributed by atoms with Gasteiger partial charge in [0.25, 0.3) is 0 Å². The van der Waals surface area contributed by atoms with Crippen LogP contribution in [-0.4, -0.2) is 26.5 Å². The Kier molecular flexibility index (Phi) is 4.86. The Morgan fingerprint density at radius 1 is 1.50 bits per heavy atom. The van der Waals surface area contributed by atoms with E-state index < -0.39 is 0 Å². The number of halogens is 1. The highest BCUT2D eigenvalue weighted by Crippen LogP contribution is 2.23. The lowest BCUT2D eigenvalue weighted by Gasteiger charge is -2.10. The number of benzene rings is 1. The first kappa shape index (κ1) is 13.6. The number of thioether (sulfide) groups is 1. The average Bonchev–Trinajstić information content (AvgIpc) is 2.73. The van der Waals surface area contributed by atoms with Crippen LogP contribution in [0.15, 0.2) is 46.0 Å². The fourth-order valence-electron chi connectivity index (χ4n) is 1.61. The molecule has 5 heteroatoms. The first-order valence-electron chi connectivity index (χ1n) is 5.68. The molecule has 0 aliphatic carbocycles. The second-order valence-corrected chi connectivity index (χ2v) is 6.09. The van der Waals surface area contributed by atoms with Crippen molar-refractivity contribution in [2.24, 2.45) is 7.05 Å². The van der Waals surface area contributed by atoms with Gasteiger partial charge in [-0.15, -0.1) is 11.8 Å². The number of hydrogen-bond acceptors (Lipinski definition) is 3. The third-order valence-electron chi connectivity index (χ3n) is 2.58. The van der Waals surface area contributed by atoms with Gasteiger partial charge in [0.15, 0.2) is 0 Å². The number of aliphatic hydroxyl groups is 1. The number of imidazole rings is 1. The maximum absolute atomic E-state index is 9.99. The van der Waals surface area contributed by atoms with Crippen LogP contribution in [0.1, 0.15) is 5.82 Å². The molecule has 1 N–H and O–H groups in total. The summed E-state index contributed by atoms with van der Waals surface area (Å²) < 4.78 is 3.00. The van der Waals surface area contributed by atoms with Gasteiger partial charge in [0.1, 0.15) is 5.82 Å². The Morgan fingerprint density at radius 3 is 3.00 bits per heavy atom. The SMILES string of the molecule is Cn1ccnc1CC(O)CSc1cccc(Br)c1. The quantitative estimate of drug-likeness (QED) is 0.858. The minimum Gasteiger partial charge on any atom is -0.392 e. The van der Waals surface area contributed by atoms with Gasteiger partial charge in [-0.25, -0.2) is 4.98 Å². The van der Waals surface area contributed by atoms with Gasteiger partial charge in [0.05, 0.1) is 6.10 Å². The van der Waals surface area contributed by atoms with E-state index in [0.717, 1.165) is 15.2 Å². The van der Waals surface area contributed by atoms with Gasteiger partial charge in [-0.2, -0.15) is 0 Å². The van der Waals surface area contributed by atoms with E-state index in [2.05, 4.69) is 27.0 Å². The molecule has 3 nitrogen and oxygen atoms in total. The van der Waals surface area contributed by atoms with Gasteiger partial charge in [-0.3, -0.25) is 0 Å². The minimum absolute atomic E-state index is 0.380. The zero-order valence-electron chi connectivity index (χ0n) is 10.1. The number of aliphatic hydroxyl groups excluding tert-OH is 1. The van der Waals surface area contributed by atoms with Crippen molar-refractivity contribution in [2.75, 3.05) is 5.75 Å². The Balaban J connectivity index is 1.85. The highest BCUT2D eigenvalue weighted by molar-refractivity contribution is 9.10. The molecule has 0 amide bonds. The van der Waals surface area contributed by atoms with E-state index in [-0.39, 0.29) is 6.10 Å². The van der Waals surface area contributed by atoms with Crippen LogP contribution in [0, 0.1) is 0 Å². The molecule has 0 saturated carbocycles. The lowest BCUT2D eigenvalue weighted by atomic mass is 10.3. The van der Waals surface area contributed by atoms with E-state index >= 15 is 0 Å². The standard InChI is InChI=1S/C13H15BrN2OS/c1-16-6-5-15-13(16)8-11(17)9-18-12-4-2-3-10(14)7-12/h2-7,11,17H,8-9H2,1H3. The molecule has 0 fully saturated rings. The van der Waals surface area contributed by atoms with Crippen LogP contribution in [0.25, 0.3) is 0 Å². The molecule has 0 spiro atoms. The molecule has 2 rings (SSSR count). The van der Waals surface area contributed by atoms with Crippen molar-refractivity contribution in [3.63, 3.8) is 0 Å². The molecule has 1 aromatic heterocycles. The second-order valence-electron chi connectivity index (χ2n) is 4.08. The first-order valence-corrected chi connectivity index (χ1v) is 7.45. The lowest BCUT2D eigenvalue weighted by molar-refractivity contribution is 0.196. The summed E-state index contributed by atoms with van der Waals surface area (Å²) in [7, 11) is 1.94. The predicted octanol–water partition coefficient (Wildman–Crippen LogP) is 2.88. The van der Waals surface area contributed by atoms with Gasteiger partial charge < -0.3 is 9.67 Å². The van der Waals surface area contributed by atoms with Gasteiger partial charge in [0, 0.05) is 41.0 Å². The molecule has 1 heterocycles. The largest absolute Gasteiger partial charge is 0.392 e. The zero-order valence-corrected chi connectivity index (χ0v) is 12.5. The highest BCUT2D eigenvalue weighted by atomic mass is 79.9. The molecule has 1 unspecified atom stereocenters. The van der Waals surface area contributed by atoms with E-state index in [1.54, 1.807) is 18.0 Å². The maximum Gasteiger partial charge on any atom is 0.110 e.